The van der Waals surface area contributed by atoms with Crippen molar-refractivity contribution in [3.8, 4) is 0 Å². The molecular formula is C11H18N4O. The molecule has 0 unspecified atom stereocenters. The van der Waals surface area contributed by atoms with Crippen molar-refractivity contribution in [2.24, 2.45) is 18.7 Å². The average molecular weight is 222 g/mol. The van der Waals surface area contributed by atoms with Crippen LogP contribution in [0.1, 0.15) is 24.2 Å². The van der Waals surface area contributed by atoms with Gasteiger partial charge in [-0.05, 0) is 5.92 Å². The highest BCUT2D eigenvalue weighted by Crippen LogP contribution is 2.27. The van der Waals surface area contributed by atoms with Crippen molar-refractivity contribution in [2.45, 2.75) is 19.4 Å². The van der Waals surface area contributed by atoms with E-state index in [9.17, 15) is 4.79 Å². The smallest absolute Gasteiger partial charge is 0.257 e. The lowest BCUT2D eigenvalue weighted by Crippen LogP contribution is -2.71. The Morgan fingerprint density at radius 1 is 1.56 bits per heavy atom. The highest BCUT2D eigenvalue weighted by molar-refractivity contribution is 5.94. The lowest BCUT2D eigenvalue weighted by atomic mass is 9.80. The van der Waals surface area contributed by atoms with E-state index in [1.807, 2.05) is 0 Å². The molecule has 16 heavy (non-hydrogen) atoms. The minimum Gasteiger partial charge on any atom is -0.335 e. The Balaban J connectivity index is 2.00. The second kappa shape index (κ2) is 3.59. The predicted octanol–water partition coefficient (Wildman–Crippen LogP) is 0.229. The summed E-state index contributed by atoms with van der Waals surface area (Å²) in [5.41, 5.74) is 6.56. The Bertz CT molecular complexity index is 404. The summed E-state index contributed by atoms with van der Waals surface area (Å²) in [5.74, 6) is 0.417. The number of nitrogens with zero attached hydrogens (tertiary/aromatic N) is 3. The number of aromatic nitrogens is 2. The molecule has 1 aliphatic heterocycles. The molecule has 5 nitrogen and oxygen atoms in total. The molecule has 1 fully saturated rings. The fourth-order valence-electron chi connectivity index (χ4n) is 1.89. The zero-order valence-electron chi connectivity index (χ0n) is 9.97. The molecule has 1 aromatic heterocycles. The molecule has 2 N–H and O–H groups in total. The zero-order chi connectivity index (χ0) is 11.9. The van der Waals surface area contributed by atoms with Gasteiger partial charge in [0.05, 0.1) is 17.3 Å². The van der Waals surface area contributed by atoms with Crippen molar-refractivity contribution in [1.29, 1.82) is 0 Å². The number of likely N-dealkylation sites (tertiary alicyclic amines) is 1. The number of carbonyl (C=O) groups excluding carboxylic acids is 1. The molecule has 1 aliphatic rings. The van der Waals surface area contributed by atoms with Crippen LogP contribution in [-0.2, 0) is 7.05 Å². The molecule has 0 aromatic carbocycles. The van der Waals surface area contributed by atoms with Crippen molar-refractivity contribution in [1.82, 2.24) is 14.7 Å². The summed E-state index contributed by atoms with van der Waals surface area (Å²) >= 11 is 0. The van der Waals surface area contributed by atoms with Crippen molar-refractivity contribution in [2.75, 3.05) is 13.1 Å². The van der Waals surface area contributed by atoms with Gasteiger partial charge in [0, 0.05) is 26.3 Å². The molecule has 0 radical (unpaired) electrons. The molecule has 2 heterocycles. The molecular weight excluding hydrogens is 204 g/mol. The summed E-state index contributed by atoms with van der Waals surface area (Å²) in [5, 5.41) is 3.99. The Morgan fingerprint density at radius 3 is 2.62 bits per heavy atom. The highest BCUT2D eigenvalue weighted by Gasteiger charge is 2.44. The van der Waals surface area contributed by atoms with E-state index in [0.29, 0.717) is 24.6 Å². The average Bonchev–Trinajstić information content (AvgIpc) is 2.58. The van der Waals surface area contributed by atoms with Crippen molar-refractivity contribution in [3.63, 3.8) is 0 Å². The summed E-state index contributed by atoms with van der Waals surface area (Å²) < 4.78 is 1.63. The quantitative estimate of drug-likeness (QED) is 0.779. The predicted molar refractivity (Wildman–Crippen MR) is 60.9 cm³/mol. The van der Waals surface area contributed by atoms with Crippen LogP contribution < -0.4 is 5.73 Å². The van der Waals surface area contributed by atoms with Crippen LogP contribution in [0.4, 0.5) is 0 Å². The van der Waals surface area contributed by atoms with E-state index in [2.05, 4.69) is 18.9 Å². The van der Waals surface area contributed by atoms with Crippen LogP contribution in [0.25, 0.3) is 0 Å². The van der Waals surface area contributed by atoms with E-state index in [4.69, 9.17) is 5.73 Å². The third-order valence-corrected chi connectivity index (χ3v) is 3.36. The van der Waals surface area contributed by atoms with Gasteiger partial charge in [-0.3, -0.25) is 9.48 Å². The molecule has 2 rings (SSSR count). The normalized spacial score (nSPS) is 18.7. The number of carbonyl (C=O) groups is 1. The fourth-order valence-corrected chi connectivity index (χ4v) is 1.89. The topological polar surface area (TPSA) is 64.2 Å². The molecule has 1 amide bonds. The fraction of sp³-hybridized carbons (Fsp3) is 0.636. The standard InChI is InChI=1S/C11H18N4O/c1-8(2)11(12)6-15(7-11)10(16)9-4-13-14(3)5-9/h4-5,8H,6-7,12H2,1-3H3. The molecule has 0 spiro atoms. The van der Waals surface area contributed by atoms with Crippen LogP contribution in [-0.4, -0.2) is 39.2 Å². The largest absolute Gasteiger partial charge is 0.335 e. The molecule has 5 heteroatoms. The molecule has 1 aromatic rings. The second-order valence-corrected chi connectivity index (χ2v) is 4.95. The van der Waals surface area contributed by atoms with E-state index in [1.165, 1.54) is 0 Å². The van der Waals surface area contributed by atoms with Crippen LogP contribution in [0.5, 0.6) is 0 Å². The van der Waals surface area contributed by atoms with E-state index >= 15 is 0 Å². The Morgan fingerprint density at radius 2 is 2.19 bits per heavy atom. The van der Waals surface area contributed by atoms with Gasteiger partial charge in [0.25, 0.3) is 5.91 Å². The number of hydrogen-bond acceptors (Lipinski definition) is 3. The van der Waals surface area contributed by atoms with Gasteiger partial charge in [-0.15, -0.1) is 0 Å². The molecule has 0 atom stereocenters. The highest BCUT2D eigenvalue weighted by atomic mass is 16.2. The SMILES string of the molecule is CC(C)C1(N)CN(C(=O)c2cnn(C)c2)C1. The van der Waals surface area contributed by atoms with Crippen LogP contribution in [0, 0.1) is 5.92 Å². The van der Waals surface area contributed by atoms with Crippen LogP contribution in [0.15, 0.2) is 12.4 Å². The van der Waals surface area contributed by atoms with E-state index in [0.717, 1.165) is 0 Å². The molecule has 0 saturated carbocycles. The van der Waals surface area contributed by atoms with Crippen LogP contribution in [0.3, 0.4) is 0 Å². The van der Waals surface area contributed by atoms with Crippen molar-refractivity contribution < 1.29 is 4.79 Å². The van der Waals surface area contributed by atoms with E-state index < -0.39 is 0 Å². The minimum atomic E-state index is -0.210. The summed E-state index contributed by atoms with van der Waals surface area (Å²) in [6.45, 7) is 5.45. The number of nitrogens with two attached hydrogens (primary N) is 1. The van der Waals surface area contributed by atoms with E-state index in [1.54, 1.807) is 29.0 Å². The molecule has 0 aliphatic carbocycles. The third kappa shape index (κ3) is 1.71. The third-order valence-electron chi connectivity index (χ3n) is 3.36. The van der Waals surface area contributed by atoms with Crippen molar-refractivity contribution >= 4 is 5.91 Å². The van der Waals surface area contributed by atoms with Gasteiger partial charge in [-0.2, -0.15) is 5.10 Å². The first-order valence-corrected chi connectivity index (χ1v) is 5.49. The van der Waals surface area contributed by atoms with Gasteiger partial charge in [-0.1, -0.05) is 13.8 Å². The first-order valence-electron chi connectivity index (χ1n) is 5.49. The maximum absolute atomic E-state index is 12.0. The van der Waals surface area contributed by atoms with Gasteiger partial charge in [0.15, 0.2) is 0 Å². The number of hydrogen-bond donors (Lipinski definition) is 1. The summed E-state index contributed by atoms with van der Waals surface area (Å²) in [7, 11) is 1.80. The first-order chi connectivity index (χ1) is 7.42. The molecule has 88 valence electrons. The van der Waals surface area contributed by atoms with Crippen LogP contribution in [0.2, 0.25) is 0 Å². The first kappa shape index (κ1) is 11.1. The van der Waals surface area contributed by atoms with Crippen LogP contribution >= 0.6 is 0 Å². The van der Waals surface area contributed by atoms with E-state index in [-0.39, 0.29) is 11.4 Å². The van der Waals surface area contributed by atoms with Gasteiger partial charge in [0.1, 0.15) is 0 Å². The van der Waals surface area contributed by atoms with Gasteiger partial charge in [0.2, 0.25) is 0 Å². The lowest BCUT2D eigenvalue weighted by Gasteiger charge is -2.50. The maximum Gasteiger partial charge on any atom is 0.257 e. The molecule has 0 bridgehead atoms. The maximum atomic E-state index is 12.0. The lowest BCUT2D eigenvalue weighted by molar-refractivity contribution is 0.0275. The second-order valence-electron chi connectivity index (χ2n) is 4.95. The van der Waals surface area contributed by atoms with Gasteiger partial charge >= 0.3 is 0 Å². The number of rotatable bonds is 2. The Hall–Kier alpha value is -1.36. The summed E-state index contributed by atoms with van der Waals surface area (Å²) in [6.07, 6.45) is 3.32. The minimum absolute atomic E-state index is 0.0230. The number of amides is 1. The Kier molecular flexibility index (Phi) is 2.50. The van der Waals surface area contributed by atoms with Gasteiger partial charge in [-0.25, -0.2) is 0 Å². The van der Waals surface area contributed by atoms with Crippen molar-refractivity contribution in [3.05, 3.63) is 18.0 Å². The monoisotopic (exact) mass is 222 g/mol. The van der Waals surface area contributed by atoms with Gasteiger partial charge < -0.3 is 10.6 Å². The Labute approximate surface area is 95.2 Å². The zero-order valence-corrected chi connectivity index (χ0v) is 9.97. The summed E-state index contributed by atoms with van der Waals surface area (Å²) in [4.78, 5) is 13.7. The summed E-state index contributed by atoms with van der Waals surface area (Å²) in [6, 6.07) is 0. The number of aryl methyl sites for hydroxylation is 1. The molecule has 1 saturated heterocycles.